The number of carbonyl (C=O) groups is 1. The Labute approximate surface area is 142 Å². The molecule has 0 bridgehead atoms. The van der Waals surface area contributed by atoms with Gasteiger partial charge in [-0.1, -0.05) is 12.1 Å². The molecule has 1 amide bonds. The minimum Gasteiger partial charge on any atom is -0.497 e. The zero-order valence-electron chi connectivity index (χ0n) is 14.5. The van der Waals surface area contributed by atoms with Crippen molar-refractivity contribution in [1.29, 1.82) is 0 Å². The lowest BCUT2D eigenvalue weighted by Gasteiger charge is -2.16. The van der Waals surface area contributed by atoms with Gasteiger partial charge in [-0.25, -0.2) is 0 Å². The number of amides is 1. The molecule has 0 saturated carbocycles. The Balaban J connectivity index is 2.04. The van der Waals surface area contributed by atoms with Crippen molar-refractivity contribution in [3.63, 3.8) is 0 Å². The van der Waals surface area contributed by atoms with E-state index in [1.54, 1.807) is 33.5 Å². The van der Waals surface area contributed by atoms with Crippen LogP contribution in [0.1, 0.15) is 24.1 Å². The van der Waals surface area contributed by atoms with Gasteiger partial charge in [-0.2, -0.15) is 0 Å². The van der Waals surface area contributed by atoms with Crippen LogP contribution in [0.3, 0.4) is 0 Å². The highest BCUT2D eigenvalue weighted by Gasteiger charge is 2.13. The van der Waals surface area contributed by atoms with Gasteiger partial charge in [-0.3, -0.25) is 4.79 Å². The van der Waals surface area contributed by atoms with Gasteiger partial charge >= 0.3 is 0 Å². The van der Waals surface area contributed by atoms with Crippen LogP contribution in [-0.2, 0) is 11.2 Å². The first kappa shape index (κ1) is 17.7. The molecule has 1 N–H and O–H groups in total. The number of hydrogen-bond donors (Lipinski definition) is 1. The molecule has 0 aromatic heterocycles. The van der Waals surface area contributed by atoms with E-state index in [9.17, 15) is 4.79 Å². The molecule has 0 fully saturated rings. The number of ether oxygens (including phenoxy) is 3. The van der Waals surface area contributed by atoms with Gasteiger partial charge in [0.25, 0.3) is 0 Å². The third kappa shape index (κ3) is 4.41. The highest BCUT2D eigenvalue weighted by atomic mass is 16.5. The van der Waals surface area contributed by atoms with Crippen molar-refractivity contribution in [3.05, 3.63) is 53.6 Å². The Morgan fingerprint density at radius 3 is 2.17 bits per heavy atom. The van der Waals surface area contributed by atoms with Crippen LogP contribution in [0.25, 0.3) is 0 Å². The molecule has 2 aromatic rings. The van der Waals surface area contributed by atoms with E-state index in [-0.39, 0.29) is 18.4 Å². The molecule has 0 spiro atoms. The van der Waals surface area contributed by atoms with Gasteiger partial charge < -0.3 is 19.5 Å². The predicted molar refractivity (Wildman–Crippen MR) is 92.8 cm³/mol. The molecular weight excluding hydrogens is 306 g/mol. The number of hydrogen-bond acceptors (Lipinski definition) is 4. The standard InChI is InChI=1S/C19H23NO4/c1-13(14-5-7-16(22-2)8-6-14)20-19(21)12-15-11-17(23-3)9-10-18(15)24-4/h5-11,13H,12H2,1-4H3,(H,20,21)/t13-/m0/s1. The quantitative estimate of drug-likeness (QED) is 0.848. The summed E-state index contributed by atoms with van der Waals surface area (Å²) in [6.45, 7) is 1.95. The maximum absolute atomic E-state index is 12.4. The Hall–Kier alpha value is -2.69. The van der Waals surface area contributed by atoms with Gasteiger partial charge in [0, 0.05) is 5.56 Å². The molecule has 5 nitrogen and oxygen atoms in total. The van der Waals surface area contributed by atoms with Crippen LogP contribution < -0.4 is 19.5 Å². The lowest BCUT2D eigenvalue weighted by atomic mass is 10.1. The van der Waals surface area contributed by atoms with Gasteiger partial charge in [0.2, 0.25) is 5.91 Å². The highest BCUT2D eigenvalue weighted by molar-refractivity contribution is 5.80. The molecule has 0 radical (unpaired) electrons. The second kappa shape index (κ2) is 8.24. The molecule has 1 atom stereocenters. The van der Waals surface area contributed by atoms with Gasteiger partial charge in [-0.05, 0) is 42.8 Å². The average molecular weight is 329 g/mol. The van der Waals surface area contributed by atoms with E-state index in [2.05, 4.69) is 5.32 Å². The van der Waals surface area contributed by atoms with Crippen LogP contribution in [0.15, 0.2) is 42.5 Å². The number of rotatable bonds is 7. The van der Waals surface area contributed by atoms with Crippen molar-refractivity contribution in [2.45, 2.75) is 19.4 Å². The summed E-state index contributed by atoms with van der Waals surface area (Å²) in [5.74, 6) is 2.08. The van der Waals surface area contributed by atoms with Crippen molar-refractivity contribution >= 4 is 5.91 Å². The smallest absolute Gasteiger partial charge is 0.225 e. The number of nitrogens with one attached hydrogen (secondary N) is 1. The van der Waals surface area contributed by atoms with Gasteiger partial charge in [-0.15, -0.1) is 0 Å². The molecule has 2 rings (SSSR count). The largest absolute Gasteiger partial charge is 0.497 e. The monoisotopic (exact) mass is 329 g/mol. The molecule has 128 valence electrons. The normalized spacial score (nSPS) is 11.5. The molecule has 2 aromatic carbocycles. The van der Waals surface area contributed by atoms with E-state index in [0.29, 0.717) is 11.5 Å². The zero-order chi connectivity index (χ0) is 17.5. The Bertz CT molecular complexity index is 682. The Morgan fingerprint density at radius 1 is 0.958 bits per heavy atom. The van der Waals surface area contributed by atoms with Crippen molar-refractivity contribution in [2.75, 3.05) is 21.3 Å². The molecular formula is C19H23NO4. The minimum atomic E-state index is -0.0972. The zero-order valence-corrected chi connectivity index (χ0v) is 14.5. The van der Waals surface area contributed by atoms with E-state index in [1.807, 2.05) is 37.3 Å². The molecule has 0 aliphatic rings. The van der Waals surface area contributed by atoms with Crippen LogP contribution >= 0.6 is 0 Å². The topological polar surface area (TPSA) is 56.8 Å². The lowest BCUT2D eigenvalue weighted by Crippen LogP contribution is -2.28. The summed E-state index contributed by atoms with van der Waals surface area (Å²) in [5.41, 5.74) is 1.80. The first-order valence-corrected chi connectivity index (χ1v) is 7.71. The molecule has 0 unspecified atom stereocenters. The van der Waals surface area contributed by atoms with Crippen LogP contribution in [0, 0.1) is 0 Å². The first-order chi connectivity index (χ1) is 11.6. The van der Waals surface area contributed by atoms with E-state index < -0.39 is 0 Å². The minimum absolute atomic E-state index is 0.0788. The average Bonchev–Trinajstić information content (AvgIpc) is 2.61. The van der Waals surface area contributed by atoms with E-state index in [0.717, 1.165) is 16.9 Å². The summed E-state index contributed by atoms with van der Waals surface area (Å²) in [6.07, 6.45) is 0.223. The first-order valence-electron chi connectivity index (χ1n) is 7.71. The summed E-state index contributed by atoms with van der Waals surface area (Å²) < 4.78 is 15.7. The fourth-order valence-electron chi connectivity index (χ4n) is 2.46. The second-order valence-corrected chi connectivity index (χ2v) is 5.42. The number of methoxy groups -OCH3 is 3. The molecule has 0 aliphatic heterocycles. The van der Waals surface area contributed by atoms with Crippen LogP contribution in [0.2, 0.25) is 0 Å². The van der Waals surface area contributed by atoms with Crippen molar-refractivity contribution in [2.24, 2.45) is 0 Å². The third-order valence-electron chi connectivity index (χ3n) is 3.83. The highest BCUT2D eigenvalue weighted by Crippen LogP contribution is 2.25. The van der Waals surface area contributed by atoms with E-state index >= 15 is 0 Å². The Morgan fingerprint density at radius 2 is 1.58 bits per heavy atom. The maximum atomic E-state index is 12.4. The van der Waals surface area contributed by atoms with E-state index in [4.69, 9.17) is 14.2 Å². The molecule has 0 saturated heterocycles. The lowest BCUT2D eigenvalue weighted by molar-refractivity contribution is -0.121. The van der Waals surface area contributed by atoms with Crippen molar-refractivity contribution in [1.82, 2.24) is 5.32 Å². The van der Waals surface area contributed by atoms with Gasteiger partial charge in [0.15, 0.2) is 0 Å². The van der Waals surface area contributed by atoms with Gasteiger partial charge in [0.05, 0.1) is 33.8 Å². The summed E-state index contributed by atoms with van der Waals surface area (Å²) in [5, 5.41) is 2.99. The molecule has 24 heavy (non-hydrogen) atoms. The molecule has 0 heterocycles. The second-order valence-electron chi connectivity index (χ2n) is 5.42. The van der Waals surface area contributed by atoms with Crippen LogP contribution in [0.4, 0.5) is 0 Å². The molecule has 0 aliphatic carbocycles. The Kier molecular flexibility index (Phi) is 6.07. The predicted octanol–water partition coefficient (Wildman–Crippen LogP) is 3.13. The van der Waals surface area contributed by atoms with E-state index in [1.165, 1.54) is 0 Å². The summed E-state index contributed by atoms with van der Waals surface area (Å²) >= 11 is 0. The van der Waals surface area contributed by atoms with Gasteiger partial charge in [0.1, 0.15) is 17.2 Å². The summed E-state index contributed by atoms with van der Waals surface area (Å²) in [6, 6.07) is 13.0. The van der Waals surface area contributed by atoms with Crippen LogP contribution in [0.5, 0.6) is 17.2 Å². The number of benzene rings is 2. The fourth-order valence-corrected chi connectivity index (χ4v) is 2.46. The number of carbonyl (C=O) groups excluding carboxylic acids is 1. The summed E-state index contributed by atoms with van der Waals surface area (Å²) in [7, 11) is 4.81. The van der Waals surface area contributed by atoms with Crippen molar-refractivity contribution < 1.29 is 19.0 Å². The maximum Gasteiger partial charge on any atom is 0.225 e. The SMILES string of the molecule is COc1ccc([C@H](C)NC(=O)Cc2cc(OC)ccc2OC)cc1. The van der Waals surface area contributed by atoms with Crippen molar-refractivity contribution in [3.8, 4) is 17.2 Å². The molecule has 5 heteroatoms. The summed E-state index contributed by atoms with van der Waals surface area (Å²) in [4.78, 5) is 12.4. The van der Waals surface area contributed by atoms with Crippen LogP contribution in [-0.4, -0.2) is 27.2 Å². The fraction of sp³-hybridized carbons (Fsp3) is 0.316. The third-order valence-corrected chi connectivity index (χ3v) is 3.83.